The molecule has 0 aliphatic carbocycles. The maximum absolute atomic E-state index is 5.79. The minimum absolute atomic E-state index is 0.380. The number of rotatable bonds is 5. The van der Waals surface area contributed by atoms with Crippen molar-refractivity contribution in [3.8, 4) is 5.88 Å². The Hall–Kier alpha value is -0.910. The third-order valence-corrected chi connectivity index (χ3v) is 4.74. The van der Waals surface area contributed by atoms with Gasteiger partial charge >= 0.3 is 0 Å². The number of hydrogen-bond donors (Lipinski definition) is 0. The quantitative estimate of drug-likeness (QED) is 0.831. The number of likely N-dealkylation sites (tertiary alicyclic amines) is 2. The van der Waals surface area contributed by atoms with Crippen LogP contribution in [0.1, 0.15) is 19.8 Å². The Morgan fingerprint density at radius 2 is 2.05 bits per heavy atom. The van der Waals surface area contributed by atoms with E-state index in [2.05, 4.69) is 26.7 Å². The van der Waals surface area contributed by atoms with Gasteiger partial charge in [0.25, 0.3) is 0 Å². The number of hydrogen-bond acceptors (Lipinski definition) is 5. The summed E-state index contributed by atoms with van der Waals surface area (Å²) in [7, 11) is 0. The van der Waals surface area contributed by atoms with Crippen LogP contribution in [-0.4, -0.2) is 65.1 Å². The minimum atomic E-state index is 0.380. The molecule has 3 rings (SSSR count). The molecule has 6 heteroatoms. The number of ether oxygens (including phenoxy) is 1. The van der Waals surface area contributed by atoms with Crippen molar-refractivity contribution in [2.75, 3.05) is 39.3 Å². The van der Waals surface area contributed by atoms with Crippen molar-refractivity contribution in [1.82, 2.24) is 19.8 Å². The summed E-state index contributed by atoms with van der Waals surface area (Å²) >= 11 is 5.79. The monoisotopic (exact) mass is 310 g/mol. The van der Waals surface area contributed by atoms with Gasteiger partial charge in [-0.2, -0.15) is 4.98 Å². The van der Waals surface area contributed by atoms with Crippen LogP contribution >= 0.6 is 11.6 Å². The average molecular weight is 311 g/mol. The van der Waals surface area contributed by atoms with Crippen LogP contribution in [0.3, 0.4) is 0 Å². The molecule has 0 aromatic carbocycles. The fourth-order valence-electron chi connectivity index (χ4n) is 3.21. The topological polar surface area (TPSA) is 41.5 Å². The van der Waals surface area contributed by atoms with E-state index in [4.69, 9.17) is 16.3 Å². The van der Waals surface area contributed by atoms with E-state index in [1.807, 2.05) is 0 Å². The van der Waals surface area contributed by atoms with Gasteiger partial charge in [0.15, 0.2) is 5.15 Å². The van der Waals surface area contributed by atoms with Crippen molar-refractivity contribution in [1.29, 1.82) is 0 Å². The largest absolute Gasteiger partial charge is 0.476 e. The van der Waals surface area contributed by atoms with Gasteiger partial charge in [-0.15, -0.1) is 0 Å². The lowest BCUT2D eigenvalue weighted by Gasteiger charge is -2.46. The van der Waals surface area contributed by atoms with Crippen LogP contribution in [0, 0.1) is 5.92 Å². The van der Waals surface area contributed by atoms with Gasteiger partial charge in [0.2, 0.25) is 5.88 Å². The lowest BCUT2D eigenvalue weighted by Crippen LogP contribution is -2.56. The number of aromatic nitrogens is 2. The molecule has 0 spiro atoms. The molecule has 0 radical (unpaired) electrons. The van der Waals surface area contributed by atoms with Crippen LogP contribution in [0.15, 0.2) is 12.4 Å². The van der Waals surface area contributed by atoms with Crippen molar-refractivity contribution in [2.24, 2.45) is 5.92 Å². The average Bonchev–Trinajstić information content (AvgIpc) is 2.46. The smallest absolute Gasteiger partial charge is 0.233 e. The summed E-state index contributed by atoms with van der Waals surface area (Å²) in [5.41, 5.74) is 0. The van der Waals surface area contributed by atoms with E-state index in [1.165, 1.54) is 38.7 Å². The Morgan fingerprint density at radius 3 is 2.71 bits per heavy atom. The molecule has 0 atom stereocenters. The molecular weight excluding hydrogens is 288 g/mol. The Kier molecular flexibility index (Phi) is 4.93. The van der Waals surface area contributed by atoms with Gasteiger partial charge in [0, 0.05) is 25.0 Å². The molecule has 2 aliphatic rings. The Morgan fingerprint density at radius 1 is 1.29 bits per heavy atom. The number of halogens is 1. The van der Waals surface area contributed by atoms with Crippen LogP contribution in [0.4, 0.5) is 0 Å². The van der Waals surface area contributed by atoms with Crippen molar-refractivity contribution in [3.05, 3.63) is 17.5 Å². The molecule has 0 saturated carbocycles. The molecule has 1 aromatic heterocycles. The summed E-state index contributed by atoms with van der Waals surface area (Å²) in [5.74, 6) is 1.13. The number of piperidine rings is 1. The van der Waals surface area contributed by atoms with Crippen molar-refractivity contribution >= 4 is 11.6 Å². The molecule has 2 fully saturated rings. The van der Waals surface area contributed by atoms with E-state index >= 15 is 0 Å². The maximum atomic E-state index is 5.79. The van der Waals surface area contributed by atoms with Gasteiger partial charge in [0.1, 0.15) is 0 Å². The van der Waals surface area contributed by atoms with Crippen molar-refractivity contribution in [2.45, 2.75) is 25.8 Å². The predicted octanol–water partition coefficient (Wildman–Crippen LogP) is 1.92. The Balaban J connectivity index is 1.36. The molecule has 0 bridgehead atoms. The molecular formula is C15H23ClN4O. The molecule has 21 heavy (non-hydrogen) atoms. The van der Waals surface area contributed by atoms with Crippen LogP contribution in [0.5, 0.6) is 5.88 Å². The second kappa shape index (κ2) is 6.90. The zero-order chi connectivity index (χ0) is 14.7. The lowest BCUT2D eigenvalue weighted by molar-refractivity contribution is 0.00103. The Labute approximate surface area is 131 Å². The fraction of sp³-hybridized carbons (Fsp3) is 0.733. The summed E-state index contributed by atoms with van der Waals surface area (Å²) < 4.78 is 5.67. The second-order valence-electron chi connectivity index (χ2n) is 5.98. The van der Waals surface area contributed by atoms with Crippen LogP contribution in [-0.2, 0) is 0 Å². The normalized spacial score (nSPS) is 22.2. The van der Waals surface area contributed by atoms with E-state index < -0.39 is 0 Å². The molecule has 116 valence electrons. The number of nitrogens with zero attached hydrogens (tertiary/aromatic N) is 4. The highest BCUT2D eigenvalue weighted by atomic mass is 35.5. The highest BCUT2D eigenvalue weighted by molar-refractivity contribution is 6.29. The summed E-state index contributed by atoms with van der Waals surface area (Å²) in [5, 5.41) is 0.380. The maximum Gasteiger partial charge on any atom is 0.233 e. The summed E-state index contributed by atoms with van der Waals surface area (Å²) in [6, 6.07) is 0.773. The van der Waals surface area contributed by atoms with Crippen LogP contribution in [0.2, 0.25) is 5.15 Å². The van der Waals surface area contributed by atoms with Gasteiger partial charge in [-0.3, -0.25) is 9.88 Å². The Bertz CT molecular complexity index is 459. The first-order valence-electron chi connectivity index (χ1n) is 7.81. The van der Waals surface area contributed by atoms with Gasteiger partial charge in [-0.05, 0) is 32.5 Å². The van der Waals surface area contributed by atoms with Crippen molar-refractivity contribution in [3.63, 3.8) is 0 Å². The van der Waals surface area contributed by atoms with Gasteiger partial charge < -0.3 is 9.64 Å². The molecule has 0 amide bonds. The zero-order valence-corrected chi connectivity index (χ0v) is 13.3. The first-order chi connectivity index (χ1) is 10.2. The van der Waals surface area contributed by atoms with Gasteiger partial charge in [0.05, 0.1) is 19.0 Å². The van der Waals surface area contributed by atoms with Crippen LogP contribution in [0.25, 0.3) is 0 Å². The summed E-state index contributed by atoms with van der Waals surface area (Å²) in [6.07, 6.45) is 5.74. The highest BCUT2D eigenvalue weighted by Gasteiger charge is 2.34. The van der Waals surface area contributed by atoms with E-state index in [0.29, 0.717) is 23.6 Å². The van der Waals surface area contributed by atoms with E-state index in [0.717, 1.165) is 19.1 Å². The molecule has 0 unspecified atom stereocenters. The molecule has 1 aromatic rings. The summed E-state index contributed by atoms with van der Waals surface area (Å²) in [4.78, 5) is 13.2. The third kappa shape index (κ3) is 3.84. The molecule has 2 saturated heterocycles. The zero-order valence-electron chi connectivity index (χ0n) is 12.5. The third-order valence-electron chi connectivity index (χ3n) is 4.56. The van der Waals surface area contributed by atoms with Crippen LogP contribution < -0.4 is 4.74 Å². The molecule has 2 aliphatic heterocycles. The molecule has 3 heterocycles. The second-order valence-corrected chi connectivity index (χ2v) is 6.36. The lowest BCUT2D eigenvalue weighted by atomic mass is 9.94. The van der Waals surface area contributed by atoms with Gasteiger partial charge in [-0.25, -0.2) is 0 Å². The molecule has 0 N–H and O–H groups in total. The first-order valence-corrected chi connectivity index (χ1v) is 8.19. The summed E-state index contributed by atoms with van der Waals surface area (Å²) in [6.45, 7) is 8.92. The van der Waals surface area contributed by atoms with E-state index in [9.17, 15) is 0 Å². The first kappa shape index (κ1) is 15.0. The fourth-order valence-corrected chi connectivity index (χ4v) is 3.35. The predicted molar refractivity (Wildman–Crippen MR) is 82.7 cm³/mol. The molecule has 5 nitrogen and oxygen atoms in total. The SMILES string of the molecule is CCN1CCC(N2CC(COc3cncc(Cl)n3)C2)CC1. The van der Waals surface area contributed by atoms with E-state index in [1.54, 1.807) is 6.20 Å². The highest BCUT2D eigenvalue weighted by Crippen LogP contribution is 2.25. The van der Waals surface area contributed by atoms with E-state index in [-0.39, 0.29) is 0 Å². The minimum Gasteiger partial charge on any atom is -0.476 e. The van der Waals surface area contributed by atoms with Gasteiger partial charge in [-0.1, -0.05) is 18.5 Å². The van der Waals surface area contributed by atoms with Crippen molar-refractivity contribution < 1.29 is 4.74 Å². The standard InChI is InChI=1S/C15H23ClN4O/c1-2-19-5-3-13(4-6-19)20-9-12(10-20)11-21-15-8-17-7-14(16)18-15/h7-8,12-13H,2-6,9-11H2,1H3.